The number of hydrogen-bond donors (Lipinski definition) is 2. The van der Waals surface area contributed by atoms with E-state index in [1.54, 1.807) is 24.3 Å². The van der Waals surface area contributed by atoms with Crippen LogP contribution in [0.4, 0.5) is 5.69 Å². The number of hydrogen-bond acceptors (Lipinski definition) is 6. The van der Waals surface area contributed by atoms with E-state index < -0.39 is 18.6 Å². The van der Waals surface area contributed by atoms with Gasteiger partial charge in [0.25, 0.3) is 5.91 Å². The fourth-order valence-corrected chi connectivity index (χ4v) is 3.28. The van der Waals surface area contributed by atoms with Gasteiger partial charge in [0.15, 0.2) is 5.82 Å². The maximum absolute atomic E-state index is 12.6. The number of anilines is 1. The molecule has 0 radical (unpaired) electrons. The van der Waals surface area contributed by atoms with Crippen molar-refractivity contribution in [3.05, 3.63) is 59.3 Å². The molecule has 1 aromatic carbocycles. The summed E-state index contributed by atoms with van der Waals surface area (Å²) in [6, 6.07) is 8.46. The smallest absolute Gasteiger partial charge is 0.423 e. The van der Waals surface area contributed by atoms with E-state index in [-0.39, 0.29) is 10.7 Å². The van der Waals surface area contributed by atoms with Crippen molar-refractivity contribution in [1.82, 2.24) is 19.7 Å². The van der Waals surface area contributed by atoms with Gasteiger partial charge in [0.05, 0.1) is 11.2 Å². The van der Waals surface area contributed by atoms with Gasteiger partial charge in [0.1, 0.15) is 17.8 Å². The molecule has 3 heterocycles. The maximum atomic E-state index is 12.6. The predicted octanol–water partition coefficient (Wildman–Crippen LogP) is 1.52. The number of aromatic nitrogens is 4. The highest BCUT2D eigenvalue weighted by atomic mass is 35.5. The number of carbonyl (C=O) groups excluding carboxylic acids is 1. The molecule has 0 saturated heterocycles. The highest BCUT2D eigenvalue weighted by Gasteiger charge is 2.40. The number of fused-ring (bicyclic) bond motifs is 1. The van der Waals surface area contributed by atoms with Crippen LogP contribution < -0.4 is 10.8 Å². The van der Waals surface area contributed by atoms with Crippen molar-refractivity contribution in [2.75, 3.05) is 5.32 Å². The van der Waals surface area contributed by atoms with E-state index >= 15 is 0 Å². The Kier molecular flexibility index (Phi) is 4.22. The minimum absolute atomic E-state index is 0.0474. The van der Waals surface area contributed by atoms with E-state index in [4.69, 9.17) is 16.3 Å². The van der Waals surface area contributed by atoms with E-state index in [2.05, 4.69) is 20.4 Å². The molecule has 0 saturated carbocycles. The number of benzene rings is 1. The molecule has 1 aliphatic rings. The second-order valence-electron chi connectivity index (χ2n) is 6.58. The summed E-state index contributed by atoms with van der Waals surface area (Å²) in [4.78, 5) is 20.6. The number of pyridine rings is 1. The maximum Gasteiger partial charge on any atom is 0.492 e. The van der Waals surface area contributed by atoms with Crippen molar-refractivity contribution >= 4 is 35.8 Å². The van der Waals surface area contributed by atoms with Crippen molar-refractivity contribution in [3.63, 3.8) is 0 Å². The topological polar surface area (TPSA) is 102 Å². The third-order valence-corrected chi connectivity index (χ3v) is 4.65. The van der Waals surface area contributed by atoms with E-state index in [0.29, 0.717) is 17.0 Å². The highest BCUT2D eigenvalue weighted by molar-refractivity contribution is 6.62. The lowest BCUT2D eigenvalue weighted by Gasteiger charge is -2.19. The summed E-state index contributed by atoms with van der Waals surface area (Å²) in [5.74, 6) is 0.0411. The Morgan fingerprint density at radius 1 is 1.33 bits per heavy atom. The zero-order valence-corrected chi connectivity index (χ0v) is 15.3. The molecule has 2 aromatic heterocycles. The molecule has 0 spiro atoms. The Morgan fingerprint density at radius 2 is 2.15 bits per heavy atom. The number of amides is 1. The van der Waals surface area contributed by atoms with Crippen LogP contribution in [0.15, 0.2) is 43.0 Å². The molecule has 0 atom stereocenters. The van der Waals surface area contributed by atoms with Crippen LogP contribution in [0.1, 0.15) is 29.8 Å². The molecule has 1 amide bonds. The van der Waals surface area contributed by atoms with Crippen molar-refractivity contribution < 1.29 is 14.5 Å². The minimum atomic E-state index is -1.03. The van der Waals surface area contributed by atoms with Gasteiger partial charge in [-0.05, 0) is 49.1 Å². The first-order valence-corrected chi connectivity index (χ1v) is 8.56. The normalized spacial score (nSPS) is 14.9. The van der Waals surface area contributed by atoms with Crippen LogP contribution in [0.3, 0.4) is 0 Å². The van der Waals surface area contributed by atoms with E-state index in [9.17, 15) is 9.82 Å². The molecular formula is C17H15BClN5O3. The average Bonchev–Trinajstić information content (AvgIpc) is 3.22. The molecule has 10 heteroatoms. The van der Waals surface area contributed by atoms with Crippen LogP contribution in [0.2, 0.25) is 5.15 Å². The van der Waals surface area contributed by atoms with Gasteiger partial charge in [0.2, 0.25) is 0 Å². The molecule has 8 nitrogen and oxygen atoms in total. The van der Waals surface area contributed by atoms with Crippen molar-refractivity contribution in [2.45, 2.75) is 19.4 Å². The van der Waals surface area contributed by atoms with Crippen molar-refractivity contribution in [3.8, 4) is 5.82 Å². The summed E-state index contributed by atoms with van der Waals surface area (Å²) < 4.78 is 6.97. The number of nitrogens with one attached hydrogen (secondary N) is 1. The lowest BCUT2D eigenvalue weighted by molar-refractivity contribution is 0.100. The third kappa shape index (κ3) is 3.20. The summed E-state index contributed by atoms with van der Waals surface area (Å²) in [6.45, 7) is 3.75. The van der Waals surface area contributed by atoms with Gasteiger partial charge >= 0.3 is 7.12 Å². The number of carbonyl (C=O) groups is 1. The largest absolute Gasteiger partial charge is 0.492 e. The number of halogens is 1. The fraction of sp³-hybridized carbons (Fsp3) is 0.176. The highest BCUT2D eigenvalue weighted by Crippen LogP contribution is 2.30. The molecule has 2 N–H and O–H groups in total. The van der Waals surface area contributed by atoms with Gasteiger partial charge in [-0.2, -0.15) is 5.10 Å². The van der Waals surface area contributed by atoms with Crippen molar-refractivity contribution in [2.24, 2.45) is 0 Å². The first-order chi connectivity index (χ1) is 12.8. The SMILES string of the molecule is CC1(C)OB(O)c2cc(NC(=O)c3ccc(-n4cncn4)nc3Cl)ccc21. The van der Waals surface area contributed by atoms with Crippen LogP contribution in [0.5, 0.6) is 0 Å². The van der Waals surface area contributed by atoms with E-state index in [0.717, 1.165) is 5.56 Å². The predicted molar refractivity (Wildman–Crippen MR) is 100 cm³/mol. The first kappa shape index (κ1) is 17.7. The van der Waals surface area contributed by atoms with Gasteiger partial charge in [-0.25, -0.2) is 14.6 Å². The molecule has 0 bridgehead atoms. The summed E-state index contributed by atoms with van der Waals surface area (Å²) >= 11 is 6.17. The van der Waals surface area contributed by atoms with Gasteiger partial charge in [-0.3, -0.25) is 4.79 Å². The van der Waals surface area contributed by atoms with Crippen molar-refractivity contribution in [1.29, 1.82) is 0 Å². The van der Waals surface area contributed by atoms with Crippen LogP contribution in [0.25, 0.3) is 5.82 Å². The lowest BCUT2D eigenvalue weighted by atomic mass is 9.78. The summed E-state index contributed by atoms with van der Waals surface area (Å²) in [5, 5.41) is 16.9. The zero-order valence-electron chi connectivity index (χ0n) is 14.5. The summed E-state index contributed by atoms with van der Waals surface area (Å²) in [7, 11) is -1.03. The number of rotatable bonds is 3. The monoisotopic (exact) mass is 383 g/mol. The molecule has 27 heavy (non-hydrogen) atoms. The molecule has 3 aromatic rings. The molecule has 0 unspecified atom stereocenters. The van der Waals surface area contributed by atoms with Crippen LogP contribution in [-0.2, 0) is 10.3 Å². The van der Waals surface area contributed by atoms with Crippen LogP contribution in [0, 0.1) is 0 Å². The second-order valence-corrected chi connectivity index (χ2v) is 6.94. The average molecular weight is 384 g/mol. The van der Waals surface area contributed by atoms with Gasteiger partial charge < -0.3 is 15.0 Å². The Hall–Kier alpha value is -2.75. The summed E-state index contributed by atoms with van der Waals surface area (Å²) in [6.07, 6.45) is 2.86. The molecule has 4 rings (SSSR count). The Balaban J connectivity index is 1.57. The standard InChI is InChI=1S/C17H15BClN5O3/c1-17(2)12-5-3-10(7-13(12)18(26)27-17)22-16(25)11-4-6-14(23-15(11)19)24-9-20-8-21-24/h3-9,26H,1-2H3,(H,22,25). The van der Waals surface area contributed by atoms with Crippen LogP contribution >= 0.6 is 11.6 Å². The van der Waals surface area contributed by atoms with Gasteiger partial charge in [-0.1, -0.05) is 17.7 Å². The molecule has 136 valence electrons. The second kappa shape index (κ2) is 6.45. The Morgan fingerprint density at radius 3 is 2.85 bits per heavy atom. The fourth-order valence-electron chi connectivity index (χ4n) is 3.05. The van der Waals surface area contributed by atoms with Gasteiger partial charge in [-0.15, -0.1) is 0 Å². The Bertz CT molecular complexity index is 1030. The van der Waals surface area contributed by atoms with Gasteiger partial charge in [0, 0.05) is 5.69 Å². The minimum Gasteiger partial charge on any atom is -0.423 e. The third-order valence-electron chi connectivity index (χ3n) is 4.36. The first-order valence-electron chi connectivity index (χ1n) is 8.18. The van der Waals surface area contributed by atoms with E-state index in [1.165, 1.54) is 17.3 Å². The summed E-state index contributed by atoms with van der Waals surface area (Å²) in [5.41, 5.74) is 1.67. The lowest BCUT2D eigenvalue weighted by Crippen LogP contribution is -2.29. The molecule has 1 aliphatic heterocycles. The number of nitrogens with zero attached hydrogens (tertiary/aromatic N) is 4. The zero-order chi connectivity index (χ0) is 19.2. The quantitative estimate of drug-likeness (QED) is 0.525. The Labute approximate surface area is 160 Å². The van der Waals surface area contributed by atoms with Crippen LogP contribution in [-0.4, -0.2) is 37.8 Å². The molecule has 0 aliphatic carbocycles. The molecular weight excluding hydrogens is 368 g/mol. The molecule has 0 fully saturated rings. The van der Waals surface area contributed by atoms with E-state index in [1.807, 2.05) is 19.9 Å².